The summed E-state index contributed by atoms with van der Waals surface area (Å²) in [6.07, 6.45) is -3.78. The van der Waals surface area contributed by atoms with E-state index in [1.807, 2.05) is 0 Å². The minimum Gasteiger partial charge on any atom is -0.302 e. The summed E-state index contributed by atoms with van der Waals surface area (Å²) in [5, 5.41) is 2.36. The third-order valence-corrected chi connectivity index (χ3v) is 2.21. The van der Waals surface area contributed by atoms with Gasteiger partial charge in [0.2, 0.25) is 0 Å². The highest BCUT2D eigenvalue weighted by Crippen LogP contribution is 2.20. The Balaban J connectivity index is 2.68. The van der Waals surface area contributed by atoms with Crippen LogP contribution >= 0.6 is 0 Å². The summed E-state index contributed by atoms with van der Waals surface area (Å²) in [6.45, 7) is 0.682. The molecule has 1 aromatic carbocycles. The van der Waals surface area contributed by atoms with Gasteiger partial charge in [0.1, 0.15) is 5.82 Å². The first kappa shape index (κ1) is 13.0. The number of hydrogen-bond donors (Lipinski definition) is 1. The summed E-state index contributed by atoms with van der Waals surface area (Å²) in [6, 6.07) is 5.14. The predicted octanol–water partition coefficient (Wildman–Crippen LogP) is 3.43. The standard InChI is InChI=1S/C11H13F4N/c1-2-10(16-7-11(13,14)15)8-4-3-5-9(12)6-8/h3-6,10,16H,2,7H2,1H3. The Bertz CT molecular complexity index is 335. The van der Waals surface area contributed by atoms with Crippen molar-refractivity contribution in [1.82, 2.24) is 5.32 Å². The van der Waals surface area contributed by atoms with Crippen LogP contribution in [0, 0.1) is 5.82 Å². The highest BCUT2D eigenvalue weighted by atomic mass is 19.4. The van der Waals surface area contributed by atoms with Crippen LogP contribution in [0.4, 0.5) is 17.6 Å². The fourth-order valence-electron chi connectivity index (χ4n) is 1.46. The molecule has 1 rings (SSSR count). The van der Waals surface area contributed by atoms with E-state index in [-0.39, 0.29) is 0 Å². The Hall–Kier alpha value is -1.10. The molecule has 0 saturated carbocycles. The van der Waals surface area contributed by atoms with Gasteiger partial charge in [0.15, 0.2) is 0 Å². The molecule has 1 aromatic rings. The molecule has 0 radical (unpaired) electrons. The molecular weight excluding hydrogens is 222 g/mol. The van der Waals surface area contributed by atoms with Crippen LogP contribution in [0.25, 0.3) is 0 Å². The third kappa shape index (κ3) is 4.18. The highest BCUT2D eigenvalue weighted by molar-refractivity contribution is 5.20. The molecule has 0 bridgehead atoms. The minimum atomic E-state index is -4.25. The van der Waals surface area contributed by atoms with Gasteiger partial charge >= 0.3 is 6.18 Å². The smallest absolute Gasteiger partial charge is 0.302 e. The van der Waals surface area contributed by atoms with Crippen LogP contribution < -0.4 is 5.32 Å². The molecule has 1 N–H and O–H groups in total. The number of halogens is 4. The van der Waals surface area contributed by atoms with Gasteiger partial charge in [-0.3, -0.25) is 0 Å². The van der Waals surface area contributed by atoms with Crippen molar-refractivity contribution in [3.8, 4) is 0 Å². The Morgan fingerprint density at radius 2 is 2.00 bits per heavy atom. The molecular formula is C11H13F4N. The van der Waals surface area contributed by atoms with Crippen LogP contribution in [-0.4, -0.2) is 12.7 Å². The second kappa shape index (κ2) is 5.30. The molecule has 5 heteroatoms. The van der Waals surface area contributed by atoms with E-state index in [1.54, 1.807) is 13.0 Å². The van der Waals surface area contributed by atoms with Crippen molar-refractivity contribution in [3.05, 3.63) is 35.6 Å². The molecule has 0 aliphatic rings. The number of rotatable bonds is 4. The van der Waals surface area contributed by atoms with E-state index in [0.717, 1.165) is 0 Å². The molecule has 90 valence electrons. The van der Waals surface area contributed by atoms with Gasteiger partial charge in [0.05, 0.1) is 6.54 Å². The molecule has 0 saturated heterocycles. The third-order valence-electron chi connectivity index (χ3n) is 2.21. The zero-order chi connectivity index (χ0) is 12.2. The van der Waals surface area contributed by atoms with Gasteiger partial charge in [-0.2, -0.15) is 13.2 Å². The lowest BCUT2D eigenvalue weighted by Gasteiger charge is -2.18. The summed E-state index contributed by atoms with van der Waals surface area (Å²) >= 11 is 0. The number of hydrogen-bond acceptors (Lipinski definition) is 1. The quantitative estimate of drug-likeness (QED) is 0.788. The lowest BCUT2D eigenvalue weighted by molar-refractivity contribution is -0.126. The molecule has 0 aliphatic carbocycles. The van der Waals surface area contributed by atoms with Crippen molar-refractivity contribution in [2.75, 3.05) is 6.54 Å². The largest absolute Gasteiger partial charge is 0.401 e. The lowest BCUT2D eigenvalue weighted by Crippen LogP contribution is -2.31. The number of alkyl halides is 3. The minimum absolute atomic E-state index is 0.440. The van der Waals surface area contributed by atoms with Crippen molar-refractivity contribution in [2.45, 2.75) is 25.6 Å². The number of benzene rings is 1. The van der Waals surface area contributed by atoms with E-state index in [0.29, 0.717) is 12.0 Å². The van der Waals surface area contributed by atoms with Gasteiger partial charge in [0.25, 0.3) is 0 Å². The van der Waals surface area contributed by atoms with Crippen molar-refractivity contribution in [2.24, 2.45) is 0 Å². The SMILES string of the molecule is CCC(NCC(F)(F)F)c1cccc(F)c1. The molecule has 0 aromatic heterocycles. The van der Waals surface area contributed by atoms with E-state index in [1.165, 1.54) is 18.2 Å². The first-order valence-electron chi connectivity index (χ1n) is 4.98. The highest BCUT2D eigenvalue weighted by Gasteiger charge is 2.28. The van der Waals surface area contributed by atoms with Gasteiger partial charge in [-0.15, -0.1) is 0 Å². The second-order valence-corrected chi connectivity index (χ2v) is 3.51. The van der Waals surface area contributed by atoms with E-state index in [9.17, 15) is 17.6 Å². The first-order valence-corrected chi connectivity index (χ1v) is 4.98. The van der Waals surface area contributed by atoms with Gasteiger partial charge in [-0.1, -0.05) is 19.1 Å². The zero-order valence-corrected chi connectivity index (χ0v) is 8.81. The van der Waals surface area contributed by atoms with Gasteiger partial charge < -0.3 is 5.32 Å². The maximum atomic E-state index is 12.9. The van der Waals surface area contributed by atoms with Crippen LogP contribution in [0.15, 0.2) is 24.3 Å². The van der Waals surface area contributed by atoms with Gasteiger partial charge in [-0.05, 0) is 24.1 Å². The predicted molar refractivity (Wildman–Crippen MR) is 53.5 cm³/mol. The van der Waals surface area contributed by atoms with E-state index < -0.39 is 24.6 Å². The molecule has 1 nitrogen and oxygen atoms in total. The van der Waals surface area contributed by atoms with Gasteiger partial charge in [0, 0.05) is 6.04 Å². The molecule has 1 unspecified atom stereocenters. The van der Waals surface area contributed by atoms with Gasteiger partial charge in [-0.25, -0.2) is 4.39 Å². The molecule has 16 heavy (non-hydrogen) atoms. The topological polar surface area (TPSA) is 12.0 Å². The van der Waals surface area contributed by atoms with E-state index in [2.05, 4.69) is 5.32 Å². The van der Waals surface area contributed by atoms with Crippen LogP contribution in [0.3, 0.4) is 0 Å². The Morgan fingerprint density at radius 3 is 2.50 bits per heavy atom. The average Bonchev–Trinajstić information content (AvgIpc) is 2.17. The maximum Gasteiger partial charge on any atom is 0.401 e. The Morgan fingerprint density at radius 1 is 1.31 bits per heavy atom. The summed E-state index contributed by atoms with van der Waals surface area (Å²) in [7, 11) is 0. The summed E-state index contributed by atoms with van der Waals surface area (Å²) < 4.78 is 48.9. The van der Waals surface area contributed by atoms with Crippen LogP contribution in [-0.2, 0) is 0 Å². The van der Waals surface area contributed by atoms with Crippen LogP contribution in [0.2, 0.25) is 0 Å². The molecule has 0 heterocycles. The summed E-state index contributed by atoms with van der Waals surface area (Å²) in [5.74, 6) is -0.440. The molecule has 0 amide bonds. The second-order valence-electron chi connectivity index (χ2n) is 3.51. The Labute approximate surface area is 91.5 Å². The normalized spacial score (nSPS) is 13.8. The van der Waals surface area contributed by atoms with Crippen molar-refractivity contribution >= 4 is 0 Å². The van der Waals surface area contributed by atoms with Crippen LogP contribution in [0.1, 0.15) is 24.9 Å². The number of nitrogens with one attached hydrogen (secondary N) is 1. The van der Waals surface area contributed by atoms with Crippen molar-refractivity contribution < 1.29 is 17.6 Å². The fraction of sp³-hybridized carbons (Fsp3) is 0.455. The molecule has 0 fully saturated rings. The Kier molecular flexibility index (Phi) is 4.29. The van der Waals surface area contributed by atoms with E-state index >= 15 is 0 Å². The lowest BCUT2D eigenvalue weighted by atomic mass is 10.0. The zero-order valence-electron chi connectivity index (χ0n) is 8.81. The maximum absolute atomic E-state index is 12.9. The summed E-state index contributed by atoms with van der Waals surface area (Å²) in [4.78, 5) is 0. The van der Waals surface area contributed by atoms with Crippen molar-refractivity contribution in [1.29, 1.82) is 0 Å². The fourth-order valence-corrected chi connectivity index (χ4v) is 1.46. The first-order chi connectivity index (χ1) is 7.42. The van der Waals surface area contributed by atoms with E-state index in [4.69, 9.17) is 0 Å². The summed E-state index contributed by atoms with van der Waals surface area (Å²) in [5.41, 5.74) is 0.534. The molecule has 0 aliphatic heterocycles. The average molecular weight is 235 g/mol. The molecule has 0 spiro atoms. The monoisotopic (exact) mass is 235 g/mol. The van der Waals surface area contributed by atoms with Crippen molar-refractivity contribution in [3.63, 3.8) is 0 Å². The van der Waals surface area contributed by atoms with Crippen LogP contribution in [0.5, 0.6) is 0 Å². The molecule has 1 atom stereocenters.